The van der Waals surface area contributed by atoms with Crippen LogP contribution in [0.15, 0.2) is 42.5 Å². The van der Waals surface area contributed by atoms with Gasteiger partial charge in [0.2, 0.25) is 0 Å². The summed E-state index contributed by atoms with van der Waals surface area (Å²) in [6, 6.07) is 15.6. The van der Waals surface area contributed by atoms with Crippen molar-refractivity contribution in [3.8, 4) is 0 Å². The quantitative estimate of drug-likeness (QED) is 0.818. The Kier molecular flexibility index (Phi) is 4.60. The highest BCUT2D eigenvalue weighted by Gasteiger charge is 2.32. The highest BCUT2D eigenvalue weighted by molar-refractivity contribution is 5.85. The number of benzene rings is 2. The van der Waals surface area contributed by atoms with Crippen LogP contribution in [0.2, 0.25) is 0 Å². The van der Waals surface area contributed by atoms with Gasteiger partial charge < -0.3 is 5.32 Å². The molecule has 0 unspecified atom stereocenters. The molecule has 1 heteroatoms. The summed E-state index contributed by atoms with van der Waals surface area (Å²) < 4.78 is 0. The van der Waals surface area contributed by atoms with Gasteiger partial charge in [0, 0.05) is 6.54 Å². The Morgan fingerprint density at radius 3 is 2.52 bits per heavy atom. The fourth-order valence-corrected chi connectivity index (χ4v) is 3.96. The maximum Gasteiger partial charge on any atom is 0.00109 e. The molecular weight excluding hydrogens is 254 g/mol. The molecule has 0 saturated heterocycles. The molecule has 0 radical (unpaired) electrons. The molecule has 1 saturated carbocycles. The van der Waals surface area contributed by atoms with Gasteiger partial charge in [-0.05, 0) is 47.6 Å². The van der Waals surface area contributed by atoms with Gasteiger partial charge in [-0.25, -0.2) is 0 Å². The minimum Gasteiger partial charge on any atom is -0.316 e. The minimum atomic E-state index is 0.471. The van der Waals surface area contributed by atoms with Crippen molar-refractivity contribution in [3.05, 3.63) is 48.0 Å². The first-order chi connectivity index (χ1) is 10.3. The zero-order chi connectivity index (χ0) is 14.5. The van der Waals surface area contributed by atoms with Gasteiger partial charge in [-0.1, -0.05) is 68.7 Å². The van der Waals surface area contributed by atoms with Gasteiger partial charge in [0.15, 0.2) is 0 Å². The van der Waals surface area contributed by atoms with E-state index in [4.69, 9.17) is 0 Å². The second-order valence-electron chi connectivity index (χ2n) is 6.66. The molecule has 0 spiro atoms. The van der Waals surface area contributed by atoms with Crippen LogP contribution in [0.3, 0.4) is 0 Å². The minimum absolute atomic E-state index is 0.471. The summed E-state index contributed by atoms with van der Waals surface area (Å²) in [7, 11) is 0. The summed E-state index contributed by atoms with van der Waals surface area (Å²) >= 11 is 0. The van der Waals surface area contributed by atoms with Gasteiger partial charge in [0.1, 0.15) is 0 Å². The van der Waals surface area contributed by atoms with E-state index in [9.17, 15) is 0 Å². The predicted octanol–water partition coefficient (Wildman–Crippen LogP) is 4.94. The lowest BCUT2D eigenvalue weighted by molar-refractivity contribution is 0.182. The van der Waals surface area contributed by atoms with Crippen LogP contribution in [0.1, 0.15) is 44.6 Å². The molecule has 0 aromatic heterocycles. The fourth-order valence-electron chi connectivity index (χ4n) is 3.96. The van der Waals surface area contributed by atoms with Crippen LogP contribution >= 0.6 is 0 Å². The summed E-state index contributed by atoms with van der Waals surface area (Å²) in [5, 5.41) is 6.45. The molecule has 0 amide bonds. The lowest BCUT2D eigenvalue weighted by atomic mass is 9.70. The Hall–Kier alpha value is -1.34. The van der Waals surface area contributed by atoms with Gasteiger partial charge in [-0.3, -0.25) is 0 Å². The topological polar surface area (TPSA) is 12.0 Å². The van der Waals surface area contributed by atoms with Crippen molar-refractivity contribution in [2.45, 2.75) is 45.4 Å². The highest BCUT2D eigenvalue weighted by Crippen LogP contribution is 2.40. The SMILES string of the molecule is CCNCC1(Cc2cccc3ccccc23)CCCCC1. The van der Waals surface area contributed by atoms with E-state index in [1.807, 2.05) is 0 Å². The summed E-state index contributed by atoms with van der Waals surface area (Å²) in [6.07, 6.45) is 8.20. The average molecular weight is 281 g/mol. The second-order valence-corrected chi connectivity index (χ2v) is 6.66. The molecule has 3 rings (SSSR count). The van der Waals surface area contributed by atoms with Gasteiger partial charge in [0.25, 0.3) is 0 Å². The monoisotopic (exact) mass is 281 g/mol. The maximum atomic E-state index is 3.63. The van der Waals surface area contributed by atoms with Crippen LogP contribution < -0.4 is 5.32 Å². The van der Waals surface area contributed by atoms with Crippen molar-refractivity contribution >= 4 is 10.8 Å². The van der Waals surface area contributed by atoms with Crippen molar-refractivity contribution in [2.75, 3.05) is 13.1 Å². The first-order valence-corrected chi connectivity index (χ1v) is 8.50. The van der Waals surface area contributed by atoms with E-state index >= 15 is 0 Å². The molecule has 0 heterocycles. The zero-order valence-corrected chi connectivity index (χ0v) is 13.2. The van der Waals surface area contributed by atoms with Crippen LogP contribution in [0.5, 0.6) is 0 Å². The molecule has 112 valence electrons. The summed E-state index contributed by atoms with van der Waals surface area (Å²) in [5.74, 6) is 0. The third kappa shape index (κ3) is 3.29. The highest BCUT2D eigenvalue weighted by atomic mass is 14.9. The van der Waals surface area contributed by atoms with Crippen LogP contribution in [-0.4, -0.2) is 13.1 Å². The smallest absolute Gasteiger partial charge is 0.00109 e. The van der Waals surface area contributed by atoms with Gasteiger partial charge in [0.05, 0.1) is 0 Å². The summed E-state index contributed by atoms with van der Waals surface area (Å²) in [4.78, 5) is 0. The molecular formula is C20H27N. The van der Waals surface area contributed by atoms with Crippen molar-refractivity contribution in [1.29, 1.82) is 0 Å². The van der Waals surface area contributed by atoms with E-state index in [1.165, 1.54) is 61.4 Å². The molecule has 2 aromatic rings. The number of nitrogens with one attached hydrogen (secondary N) is 1. The number of rotatable bonds is 5. The lowest BCUT2D eigenvalue weighted by Crippen LogP contribution is -2.38. The first-order valence-electron chi connectivity index (χ1n) is 8.50. The van der Waals surface area contributed by atoms with E-state index in [-0.39, 0.29) is 0 Å². The van der Waals surface area contributed by atoms with E-state index in [1.54, 1.807) is 0 Å². The van der Waals surface area contributed by atoms with Gasteiger partial charge in [-0.2, -0.15) is 0 Å². The largest absolute Gasteiger partial charge is 0.316 e. The third-order valence-corrected chi connectivity index (χ3v) is 5.11. The Morgan fingerprint density at radius 1 is 0.952 bits per heavy atom. The molecule has 21 heavy (non-hydrogen) atoms. The van der Waals surface area contributed by atoms with E-state index in [2.05, 4.69) is 54.7 Å². The van der Waals surface area contributed by atoms with Crippen LogP contribution in [0, 0.1) is 5.41 Å². The normalized spacial score (nSPS) is 18.0. The maximum absolute atomic E-state index is 3.63. The molecule has 0 bridgehead atoms. The van der Waals surface area contributed by atoms with Crippen LogP contribution in [-0.2, 0) is 6.42 Å². The molecule has 2 aromatic carbocycles. The Bertz CT molecular complexity index is 576. The third-order valence-electron chi connectivity index (χ3n) is 5.11. The van der Waals surface area contributed by atoms with Crippen molar-refractivity contribution in [1.82, 2.24) is 5.32 Å². The molecule has 0 atom stereocenters. The fraction of sp³-hybridized carbons (Fsp3) is 0.500. The standard InChI is InChI=1S/C20H27N/c1-2-21-16-20(13-6-3-7-14-20)15-18-11-8-10-17-9-4-5-12-19(17)18/h4-5,8-12,21H,2-3,6-7,13-16H2,1H3. The molecule has 1 nitrogen and oxygen atoms in total. The van der Waals surface area contributed by atoms with Crippen molar-refractivity contribution in [3.63, 3.8) is 0 Å². The molecule has 1 aliphatic carbocycles. The Labute approximate surface area is 128 Å². The molecule has 1 fully saturated rings. The van der Waals surface area contributed by atoms with E-state index in [0.29, 0.717) is 5.41 Å². The van der Waals surface area contributed by atoms with Crippen molar-refractivity contribution < 1.29 is 0 Å². The average Bonchev–Trinajstić information content (AvgIpc) is 2.54. The lowest BCUT2D eigenvalue weighted by Gasteiger charge is -2.38. The predicted molar refractivity (Wildman–Crippen MR) is 91.7 cm³/mol. The van der Waals surface area contributed by atoms with Gasteiger partial charge in [-0.15, -0.1) is 0 Å². The zero-order valence-electron chi connectivity index (χ0n) is 13.2. The van der Waals surface area contributed by atoms with Gasteiger partial charge >= 0.3 is 0 Å². The Morgan fingerprint density at radius 2 is 1.71 bits per heavy atom. The molecule has 1 N–H and O–H groups in total. The van der Waals surface area contributed by atoms with Crippen molar-refractivity contribution in [2.24, 2.45) is 5.41 Å². The molecule has 0 aliphatic heterocycles. The van der Waals surface area contributed by atoms with E-state index < -0.39 is 0 Å². The van der Waals surface area contributed by atoms with Crippen LogP contribution in [0.25, 0.3) is 10.8 Å². The molecule has 1 aliphatic rings. The first kappa shape index (κ1) is 14.6. The van der Waals surface area contributed by atoms with E-state index in [0.717, 1.165) is 6.54 Å². The van der Waals surface area contributed by atoms with Crippen LogP contribution in [0.4, 0.5) is 0 Å². The summed E-state index contributed by atoms with van der Waals surface area (Å²) in [6.45, 7) is 4.47. The number of hydrogen-bond donors (Lipinski definition) is 1. The number of fused-ring (bicyclic) bond motifs is 1. The number of hydrogen-bond acceptors (Lipinski definition) is 1. The second kappa shape index (κ2) is 6.62. The summed E-state index contributed by atoms with van der Waals surface area (Å²) in [5.41, 5.74) is 2.01. The Balaban J connectivity index is 1.90.